The first-order valence-electron chi connectivity index (χ1n) is 5.96. The van der Waals surface area contributed by atoms with E-state index < -0.39 is 0 Å². The van der Waals surface area contributed by atoms with E-state index in [1.807, 2.05) is 13.0 Å². The normalized spacial score (nSPS) is 10.5. The van der Waals surface area contributed by atoms with Crippen LogP contribution in [-0.4, -0.2) is 0 Å². The summed E-state index contributed by atoms with van der Waals surface area (Å²) in [6.45, 7) is 2.45. The van der Waals surface area contributed by atoms with E-state index in [2.05, 4.69) is 0 Å². The summed E-state index contributed by atoms with van der Waals surface area (Å²) in [6, 6.07) is 10.2. The largest absolute Gasteiger partial charge is 0.488 e. The first-order valence-corrected chi connectivity index (χ1v) is 6.34. The quantitative estimate of drug-likeness (QED) is 0.923. The van der Waals surface area contributed by atoms with Crippen molar-refractivity contribution in [1.29, 1.82) is 0 Å². The Morgan fingerprint density at radius 3 is 2.74 bits per heavy atom. The molecule has 0 unspecified atom stereocenters. The minimum absolute atomic E-state index is 0.154. The van der Waals surface area contributed by atoms with Gasteiger partial charge in [-0.15, -0.1) is 0 Å². The zero-order valence-electron chi connectivity index (χ0n) is 10.6. The van der Waals surface area contributed by atoms with Crippen molar-refractivity contribution in [3.63, 3.8) is 0 Å². The van der Waals surface area contributed by atoms with Crippen LogP contribution in [-0.2, 0) is 13.2 Å². The summed E-state index contributed by atoms with van der Waals surface area (Å²) >= 11 is 5.91. The Hall–Kier alpha value is -1.58. The van der Waals surface area contributed by atoms with Gasteiger partial charge in [0.1, 0.15) is 18.2 Å². The second-order valence-electron chi connectivity index (χ2n) is 4.33. The molecule has 2 N–H and O–H groups in total. The number of ether oxygens (including phenoxy) is 1. The van der Waals surface area contributed by atoms with Crippen LogP contribution in [0.5, 0.6) is 5.75 Å². The molecule has 0 heterocycles. The van der Waals surface area contributed by atoms with Crippen molar-refractivity contribution >= 4 is 11.6 Å². The molecular formula is C15H15ClFNO. The lowest BCUT2D eigenvalue weighted by Crippen LogP contribution is -2.03. The average molecular weight is 280 g/mol. The monoisotopic (exact) mass is 279 g/mol. The summed E-state index contributed by atoms with van der Waals surface area (Å²) < 4.78 is 19.3. The third kappa shape index (κ3) is 3.46. The van der Waals surface area contributed by atoms with Gasteiger partial charge in [-0.3, -0.25) is 0 Å². The fourth-order valence-corrected chi connectivity index (χ4v) is 1.91. The highest BCUT2D eigenvalue weighted by Crippen LogP contribution is 2.24. The van der Waals surface area contributed by atoms with Crippen LogP contribution in [0.2, 0.25) is 5.02 Å². The van der Waals surface area contributed by atoms with Crippen molar-refractivity contribution in [3.8, 4) is 5.75 Å². The molecule has 2 aromatic carbocycles. The molecule has 0 aliphatic rings. The Labute approximate surface area is 117 Å². The molecule has 19 heavy (non-hydrogen) atoms. The second kappa shape index (κ2) is 6.04. The summed E-state index contributed by atoms with van der Waals surface area (Å²) in [5.41, 5.74) is 7.86. The number of nitrogens with two attached hydrogens (primary N) is 1. The molecular weight excluding hydrogens is 265 g/mol. The average Bonchev–Trinajstić information content (AvgIpc) is 2.41. The van der Waals surface area contributed by atoms with Crippen molar-refractivity contribution in [2.45, 2.75) is 20.1 Å². The van der Waals surface area contributed by atoms with Crippen LogP contribution in [0.4, 0.5) is 4.39 Å². The van der Waals surface area contributed by atoms with Gasteiger partial charge in [0.15, 0.2) is 0 Å². The minimum Gasteiger partial charge on any atom is -0.488 e. The van der Waals surface area contributed by atoms with Gasteiger partial charge in [0.25, 0.3) is 0 Å². The van der Waals surface area contributed by atoms with Crippen molar-refractivity contribution in [2.24, 2.45) is 5.73 Å². The van der Waals surface area contributed by atoms with Gasteiger partial charge in [0.05, 0.1) is 0 Å². The van der Waals surface area contributed by atoms with Crippen LogP contribution in [0.3, 0.4) is 0 Å². The van der Waals surface area contributed by atoms with Crippen molar-refractivity contribution in [1.82, 2.24) is 0 Å². The predicted octanol–water partition coefficient (Wildman–Crippen LogP) is 3.83. The number of halogens is 2. The Balaban J connectivity index is 2.16. The van der Waals surface area contributed by atoms with E-state index >= 15 is 0 Å². The highest BCUT2D eigenvalue weighted by molar-refractivity contribution is 6.30. The second-order valence-corrected chi connectivity index (χ2v) is 4.76. The molecule has 0 fully saturated rings. The van der Waals surface area contributed by atoms with Gasteiger partial charge in [-0.05, 0) is 42.3 Å². The smallest absolute Gasteiger partial charge is 0.129 e. The summed E-state index contributed by atoms with van der Waals surface area (Å²) in [7, 11) is 0. The summed E-state index contributed by atoms with van der Waals surface area (Å²) in [4.78, 5) is 0. The zero-order valence-corrected chi connectivity index (χ0v) is 11.4. The molecule has 0 aliphatic heterocycles. The SMILES string of the molecule is Cc1ccc(Cl)cc1OCc1cc(CN)ccc1F. The Kier molecular flexibility index (Phi) is 4.40. The van der Waals surface area contributed by atoms with E-state index in [0.29, 0.717) is 22.9 Å². The first kappa shape index (κ1) is 13.8. The summed E-state index contributed by atoms with van der Waals surface area (Å²) in [5, 5.41) is 0.594. The third-order valence-corrected chi connectivity index (χ3v) is 3.11. The Morgan fingerprint density at radius 2 is 2.00 bits per heavy atom. The standard InChI is InChI=1S/C15H15ClFNO/c1-10-2-4-13(16)7-15(10)19-9-12-6-11(8-18)3-5-14(12)17/h2-7H,8-9,18H2,1H3. The van der Waals surface area contributed by atoms with Gasteiger partial charge in [0.2, 0.25) is 0 Å². The van der Waals surface area contributed by atoms with Gasteiger partial charge in [-0.25, -0.2) is 4.39 Å². The highest BCUT2D eigenvalue weighted by atomic mass is 35.5. The lowest BCUT2D eigenvalue weighted by Gasteiger charge is -2.11. The Bertz CT molecular complexity index is 586. The molecule has 0 radical (unpaired) electrons. The third-order valence-electron chi connectivity index (χ3n) is 2.88. The fourth-order valence-electron chi connectivity index (χ4n) is 1.75. The van der Waals surface area contributed by atoms with Crippen LogP contribution >= 0.6 is 11.6 Å². The van der Waals surface area contributed by atoms with Gasteiger partial charge < -0.3 is 10.5 Å². The van der Waals surface area contributed by atoms with E-state index in [9.17, 15) is 4.39 Å². The van der Waals surface area contributed by atoms with Crippen molar-refractivity contribution < 1.29 is 9.13 Å². The molecule has 100 valence electrons. The number of hydrogen-bond donors (Lipinski definition) is 1. The molecule has 2 rings (SSSR count). The minimum atomic E-state index is -0.295. The molecule has 2 nitrogen and oxygen atoms in total. The van der Waals surface area contributed by atoms with Crippen LogP contribution < -0.4 is 10.5 Å². The molecule has 0 aromatic heterocycles. The molecule has 0 bridgehead atoms. The van der Waals surface area contributed by atoms with Gasteiger partial charge in [-0.1, -0.05) is 23.7 Å². The number of benzene rings is 2. The van der Waals surface area contributed by atoms with E-state index in [1.165, 1.54) is 6.07 Å². The maximum atomic E-state index is 13.6. The molecule has 0 aliphatic carbocycles. The van der Waals surface area contributed by atoms with E-state index in [-0.39, 0.29) is 12.4 Å². The number of aryl methyl sites for hydroxylation is 1. The molecule has 0 amide bonds. The van der Waals surface area contributed by atoms with Gasteiger partial charge in [-0.2, -0.15) is 0 Å². The highest BCUT2D eigenvalue weighted by Gasteiger charge is 2.06. The number of rotatable bonds is 4. The van der Waals surface area contributed by atoms with Crippen molar-refractivity contribution in [3.05, 3.63) is 63.9 Å². The lowest BCUT2D eigenvalue weighted by molar-refractivity contribution is 0.297. The van der Waals surface area contributed by atoms with Crippen LogP contribution in [0.15, 0.2) is 36.4 Å². The lowest BCUT2D eigenvalue weighted by atomic mass is 10.1. The van der Waals surface area contributed by atoms with Gasteiger partial charge >= 0.3 is 0 Å². The first-order chi connectivity index (χ1) is 9.10. The summed E-state index contributed by atoms with van der Waals surface area (Å²) in [5.74, 6) is 0.363. The number of hydrogen-bond acceptors (Lipinski definition) is 2. The molecule has 0 spiro atoms. The van der Waals surface area contributed by atoms with E-state index in [0.717, 1.165) is 11.1 Å². The van der Waals surface area contributed by atoms with E-state index in [4.69, 9.17) is 22.1 Å². The fraction of sp³-hybridized carbons (Fsp3) is 0.200. The van der Waals surface area contributed by atoms with Crippen LogP contribution in [0.1, 0.15) is 16.7 Å². The molecule has 4 heteroatoms. The molecule has 0 saturated heterocycles. The molecule has 2 aromatic rings. The Morgan fingerprint density at radius 1 is 1.21 bits per heavy atom. The van der Waals surface area contributed by atoms with Crippen LogP contribution in [0.25, 0.3) is 0 Å². The predicted molar refractivity (Wildman–Crippen MR) is 74.8 cm³/mol. The van der Waals surface area contributed by atoms with Crippen LogP contribution in [0, 0.1) is 12.7 Å². The maximum absolute atomic E-state index is 13.6. The zero-order chi connectivity index (χ0) is 13.8. The van der Waals surface area contributed by atoms with E-state index in [1.54, 1.807) is 24.3 Å². The molecule has 0 saturated carbocycles. The maximum Gasteiger partial charge on any atom is 0.129 e. The van der Waals surface area contributed by atoms with Gasteiger partial charge in [0, 0.05) is 17.1 Å². The topological polar surface area (TPSA) is 35.2 Å². The van der Waals surface area contributed by atoms with Crippen molar-refractivity contribution in [2.75, 3.05) is 0 Å². The summed E-state index contributed by atoms with van der Waals surface area (Å²) in [6.07, 6.45) is 0. The molecule has 0 atom stereocenters.